The fourth-order valence-corrected chi connectivity index (χ4v) is 2.00. The molecule has 2 aromatic rings. The van der Waals surface area contributed by atoms with Gasteiger partial charge in [-0.25, -0.2) is 0 Å². The first kappa shape index (κ1) is 15.8. The molecule has 0 fully saturated rings. The normalized spacial score (nSPS) is 10.2. The average molecular weight is 346 g/mol. The van der Waals surface area contributed by atoms with Crippen LogP contribution in [0, 0.1) is 0 Å². The Balaban J connectivity index is 1.95. The van der Waals surface area contributed by atoms with Gasteiger partial charge in [0, 0.05) is 11.1 Å². The van der Waals surface area contributed by atoms with E-state index < -0.39 is 0 Å². The Labute approximate surface area is 136 Å². The molecule has 1 amide bonds. The number of nitrogens with one attached hydrogen (secondary N) is 1. The van der Waals surface area contributed by atoms with Gasteiger partial charge in [0.25, 0.3) is 5.91 Å². The van der Waals surface area contributed by atoms with Gasteiger partial charge in [0.05, 0.1) is 21.4 Å². The molecule has 4 nitrogen and oxygen atoms in total. The van der Waals surface area contributed by atoms with Crippen LogP contribution in [-0.4, -0.2) is 12.5 Å². The Kier molecular flexibility index (Phi) is 5.17. The summed E-state index contributed by atoms with van der Waals surface area (Å²) in [6.45, 7) is -0.191. The van der Waals surface area contributed by atoms with Gasteiger partial charge >= 0.3 is 0 Å². The Morgan fingerprint density at radius 1 is 1.10 bits per heavy atom. The highest BCUT2D eigenvalue weighted by atomic mass is 35.5. The number of ether oxygens (including phenoxy) is 1. The standard InChI is InChI=1S/C14H11Cl3N2O2/c15-8-1-4-12(18)13(5-8)19-14(20)7-21-9-2-3-10(16)11(17)6-9/h1-6H,7,18H2,(H,19,20). The van der Waals surface area contributed by atoms with Crippen LogP contribution in [0.5, 0.6) is 5.75 Å². The summed E-state index contributed by atoms with van der Waals surface area (Å²) < 4.78 is 5.32. The molecule has 2 rings (SSSR count). The second-order valence-corrected chi connectivity index (χ2v) is 5.40. The molecule has 0 heterocycles. The largest absolute Gasteiger partial charge is 0.484 e. The molecule has 21 heavy (non-hydrogen) atoms. The number of hydrogen-bond donors (Lipinski definition) is 2. The predicted octanol–water partition coefficient (Wildman–Crippen LogP) is 4.25. The van der Waals surface area contributed by atoms with Gasteiger partial charge in [-0.2, -0.15) is 0 Å². The molecule has 0 atom stereocenters. The van der Waals surface area contributed by atoms with Crippen molar-refractivity contribution in [3.8, 4) is 5.75 Å². The van der Waals surface area contributed by atoms with Crippen molar-refractivity contribution in [2.45, 2.75) is 0 Å². The molecule has 0 saturated heterocycles. The summed E-state index contributed by atoms with van der Waals surface area (Å²) in [5.41, 5.74) is 6.59. The highest BCUT2D eigenvalue weighted by Gasteiger charge is 2.08. The van der Waals surface area contributed by atoms with E-state index in [-0.39, 0.29) is 12.5 Å². The minimum Gasteiger partial charge on any atom is -0.484 e. The molecule has 0 aliphatic heterocycles. The number of carbonyl (C=O) groups is 1. The van der Waals surface area contributed by atoms with Crippen molar-refractivity contribution in [2.24, 2.45) is 0 Å². The van der Waals surface area contributed by atoms with E-state index in [1.807, 2.05) is 0 Å². The van der Waals surface area contributed by atoms with E-state index in [1.54, 1.807) is 30.3 Å². The van der Waals surface area contributed by atoms with Crippen LogP contribution < -0.4 is 15.8 Å². The maximum absolute atomic E-state index is 11.8. The first-order chi connectivity index (χ1) is 9.95. The van der Waals surface area contributed by atoms with E-state index >= 15 is 0 Å². The third-order valence-corrected chi connectivity index (χ3v) is 3.52. The van der Waals surface area contributed by atoms with E-state index in [1.165, 1.54) is 6.07 Å². The van der Waals surface area contributed by atoms with Crippen molar-refractivity contribution in [1.29, 1.82) is 0 Å². The fourth-order valence-electron chi connectivity index (χ4n) is 1.54. The number of anilines is 2. The Morgan fingerprint density at radius 2 is 1.86 bits per heavy atom. The molecular weight excluding hydrogens is 335 g/mol. The van der Waals surface area contributed by atoms with Crippen molar-refractivity contribution in [3.05, 3.63) is 51.5 Å². The third-order valence-electron chi connectivity index (χ3n) is 2.55. The van der Waals surface area contributed by atoms with Gasteiger partial charge in [-0.15, -0.1) is 0 Å². The van der Waals surface area contributed by atoms with Gasteiger partial charge in [-0.05, 0) is 30.3 Å². The maximum atomic E-state index is 11.8. The van der Waals surface area contributed by atoms with Crippen LogP contribution in [0.3, 0.4) is 0 Å². The van der Waals surface area contributed by atoms with Crippen LogP contribution in [-0.2, 0) is 4.79 Å². The Bertz CT molecular complexity index is 677. The fraction of sp³-hybridized carbons (Fsp3) is 0.0714. The number of amides is 1. The molecule has 3 N–H and O–H groups in total. The zero-order valence-corrected chi connectivity index (χ0v) is 13.0. The highest BCUT2D eigenvalue weighted by Crippen LogP contribution is 2.26. The smallest absolute Gasteiger partial charge is 0.262 e. The van der Waals surface area contributed by atoms with Crippen molar-refractivity contribution >= 4 is 52.1 Å². The van der Waals surface area contributed by atoms with Crippen molar-refractivity contribution in [2.75, 3.05) is 17.7 Å². The van der Waals surface area contributed by atoms with E-state index in [9.17, 15) is 4.79 Å². The number of halogens is 3. The molecule has 0 spiro atoms. The molecule has 110 valence electrons. The summed E-state index contributed by atoms with van der Waals surface area (Å²) in [5, 5.41) is 3.86. The van der Waals surface area contributed by atoms with Crippen molar-refractivity contribution in [1.82, 2.24) is 0 Å². The minimum absolute atomic E-state index is 0.191. The monoisotopic (exact) mass is 344 g/mol. The third kappa shape index (κ3) is 4.43. The van der Waals surface area contributed by atoms with E-state index in [2.05, 4.69) is 5.32 Å². The maximum Gasteiger partial charge on any atom is 0.262 e. The second kappa shape index (κ2) is 6.89. The highest BCUT2D eigenvalue weighted by molar-refractivity contribution is 6.42. The van der Waals surface area contributed by atoms with Gasteiger partial charge in [0.2, 0.25) is 0 Å². The zero-order chi connectivity index (χ0) is 15.4. The van der Waals surface area contributed by atoms with Crippen LogP contribution in [0.25, 0.3) is 0 Å². The van der Waals surface area contributed by atoms with Gasteiger partial charge < -0.3 is 15.8 Å². The summed E-state index contributed by atoms with van der Waals surface area (Å²) in [5.74, 6) is 0.0775. The van der Waals surface area contributed by atoms with E-state index in [0.29, 0.717) is 32.2 Å². The summed E-state index contributed by atoms with van der Waals surface area (Å²) in [6, 6.07) is 9.55. The molecule has 0 aromatic heterocycles. The lowest BCUT2D eigenvalue weighted by Crippen LogP contribution is -2.20. The van der Waals surface area contributed by atoms with Gasteiger partial charge in [-0.1, -0.05) is 34.8 Å². The van der Waals surface area contributed by atoms with E-state index in [0.717, 1.165) is 0 Å². The number of benzene rings is 2. The molecule has 0 saturated carbocycles. The summed E-state index contributed by atoms with van der Waals surface area (Å²) >= 11 is 17.5. The SMILES string of the molecule is Nc1ccc(Cl)cc1NC(=O)COc1ccc(Cl)c(Cl)c1. The number of rotatable bonds is 4. The lowest BCUT2D eigenvalue weighted by molar-refractivity contribution is -0.118. The summed E-state index contributed by atoms with van der Waals surface area (Å²) in [4.78, 5) is 11.8. The average Bonchev–Trinajstić information content (AvgIpc) is 2.44. The quantitative estimate of drug-likeness (QED) is 0.814. The molecule has 0 aliphatic carbocycles. The van der Waals surface area contributed by atoms with Gasteiger partial charge in [-0.3, -0.25) is 4.79 Å². The van der Waals surface area contributed by atoms with Gasteiger partial charge in [0.1, 0.15) is 5.75 Å². The second-order valence-electron chi connectivity index (χ2n) is 4.14. The number of nitrogens with two attached hydrogens (primary N) is 1. The van der Waals surface area contributed by atoms with E-state index in [4.69, 9.17) is 45.3 Å². The molecule has 0 bridgehead atoms. The molecule has 2 aromatic carbocycles. The summed E-state index contributed by atoms with van der Waals surface area (Å²) in [7, 11) is 0. The zero-order valence-electron chi connectivity index (χ0n) is 10.7. The van der Waals surface area contributed by atoms with Crippen LogP contribution in [0.2, 0.25) is 15.1 Å². The molecule has 7 heteroatoms. The minimum atomic E-state index is -0.366. The first-order valence-electron chi connectivity index (χ1n) is 5.88. The number of carbonyl (C=O) groups excluding carboxylic acids is 1. The lowest BCUT2D eigenvalue weighted by atomic mass is 10.2. The summed E-state index contributed by atoms with van der Waals surface area (Å²) in [6.07, 6.45) is 0. The number of nitrogen functional groups attached to an aromatic ring is 1. The van der Waals surface area contributed by atoms with Gasteiger partial charge in [0.15, 0.2) is 6.61 Å². The topological polar surface area (TPSA) is 64.3 Å². The van der Waals surface area contributed by atoms with Crippen LogP contribution in [0.4, 0.5) is 11.4 Å². The van der Waals surface area contributed by atoms with Crippen molar-refractivity contribution < 1.29 is 9.53 Å². The Hall–Kier alpha value is -1.62. The molecule has 0 radical (unpaired) electrons. The molecule has 0 aliphatic rings. The predicted molar refractivity (Wildman–Crippen MR) is 86.5 cm³/mol. The number of hydrogen-bond acceptors (Lipinski definition) is 3. The van der Waals surface area contributed by atoms with Crippen LogP contribution in [0.1, 0.15) is 0 Å². The Morgan fingerprint density at radius 3 is 2.57 bits per heavy atom. The van der Waals surface area contributed by atoms with Crippen molar-refractivity contribution in [3.63, 3.8) is 0 Å². The van der Waals surface area contributed by atoms with Crippen LogP contribution in [0.15, 0.2) is 36.4 Å². The molecule has 0 unspecified atom stereocenters. The lowest BCUT2D eigenvalue weighted by Gasteiger charge is -2.10. The first-order valence-corrected chi connectivity index (χ1v) is 7.02. The molecular formula is C14H11Cl3N2O2. The van der Waals surface area contributed by atoms with Crippen LogP contribution >= 0.6 is 34.8 Å².